The van der Waals surface area contributed by atoms with E-state index in [0.29, 0.717) is 13.0 Å². The molecule has 0 aliphatic carbocycles. The molecule has 1 aliphatic heterocycles. The van der Waals surface area contributed by atoms with Gasteiger partial charge in [-0.2, -0.15) is 0 Å². The molecule has 4 nitrogen and oxygen atoms in total. The van der Waals surface area contributed by atoms with E-state index in [-0.39, 0.29) is 23.8 Å². The summed E-state index contributed by atoms with van der Waals surface area (Å²) in [6.45, 7) is 10.1. The van der Waals surface area contributed by atoms with Crippen molar-refractivity contribution in [1.82, 2.24) is 4.90 Å². The minimum Gasteiger partial charge on any atom is -0.447 e. The first-order valence-corrected chi connectivity index (χ1v) is 6.50. The van der Waals surface area contributed by atoms with Crippen LogP contribution in [-0.4, -0.2) is 29.5 Å². The van der Waals surface area contributed by atoms with E-state index >= 15 is 0 Å². The molecule has 18 heavy (non-hydrogen) atoms. The van der Waals surface area contributed by atoms with Gasteiger partial charge in [0.25, 0.3) is 0 Å². The first-order valence-electron chi connectivity index (χ1n) is 6.50. The third-order valence-electron chi connectivity index (χ3n) is 3.46. The van der Waals surface area contributed by atoms with Crippen molar-refractivity contribution in [2.75, 3.05) is 6.61 Å². The van der Waals surface area contributed by atoms with Gasteiger partial charge in [-0.3, -0.25) is 4.79 Å². The number of hydrogen-bond donors (Lipinski definition) is 0. The largest absolute Gasteiger partial charge is 0.447 e. The predicted molar refractivity (Wildman–Crippen MR) is 70.0 cm³/mol. The third kappa shape index (κ3) is 3.12. The molecular weight excluding hydrogens is 230 g/mol. The van der Waals surface area contributed by atoms with Gasteiger partial charge in [0.05, 0.1) is 6.04 Å². The predicted octanol–water partition coefficient (Wildman–Crippen LogP) is 2.98. The van der Waals surface area contributed by atoms with Gasteiger partial charge in [0.2, 0.25) is 5.91 Å². The summed E-state index contributed by atoms with van der Waals surface area (Å²) < 4.78 is 4.99. The van der Waals surface area contributed by atoms with Gasteiger partial charge in [0.15, 0.2) is 0 Å². The first-order chi connectivity index (χ1) is 8.38. The Kier molecular flexibility index (Phi) is 4.93. The number of carbonyl (C=O) groups is 2. The number of imide groups is 1. The Morgan fingerprint density at radius 1 is 1.50 bits per heavy atom. The van der Waals surface area contributed by atoms with Gasteiger partial charge in [0, 0.05) is 5.92 Å². The zero-order valence-corrected chi connectivity index (χ0v) is 11.9. The Morgan fingerprint density at radius 3 is 2.61 bits per heavy atom. The van der Waals surface area contributed by atoms with E-state index in [1.807, 2.05) is 40.7 Å². The normalized spacial score (nSPS) is 22.3. The van der Waals surface area contributed by atoms with E-state index in [0.717, 1.165) is 5.57 Å². The molecule has 0 bridgehead atoms. The molecule has 0 aromatic carbocycles. The van der Waals surface area contributed by atoms with Crippen LogP contribution in [0.15, 0.2) is 11.6 Å². The van der Waals surface area contributed by atoms with Crippen LogP contribution in [0.1, 0.15) is 41.0 Å². The number of cyclic esters (lactones) is 1. The Morgan fingerprint density at radius 2 is 2.11 bits per heavy atom. The fourth-order valence-electron chi connectivity index (χ4n) is 2.11. The van der Waals surface area contributed by atoms with Crippen molar-refractivity contribution in [3.8, 4) is 0 Å². The second kappa shape index (κ2) is 6.03. The second-order valence-corrected chi connectivity index (χ2v) is 5.34. The smallest absolute Gasteiger partial charge is 0.416 e. The van der Waals surface area contributed by atoms with Gasteiger partial charge in [-0.05, 0) is 26.2 Å². The summed E-state index contributed by atoms with van der Waals surface area (Å²) in [6, 6.07) is -0.127. The van der Waals surface area contributed by atoms with Gasteiger partial charge >= 0.3 is 6.09 Å². The monoisotopic (exact) mass is 253 g/mol. The summed E-state index contributed by atoms with van der Waals surface area (Å²) in [4.78, 5) is 25.3. The number of rotatable bonds is 4. The van der Waals surface area contributed by atoms with Crippen molar-refractivity contribution >= 4 is 12.0 Å². The maximum atomic E-state index is 12.3. The summed E-state index contributed by atoms with van der Waals surface area (Å²) >= 11 is 0. The summed E-state index contributed by atoms with van der Waals surface area (Å²) in [5, 5.41) is 0. The van der Waals surface area contributed by atoms with Gasteiger partial charge in [-0.15, -0.1) is 0 Å². The van der Waals surface area contributed by atoms with Gasteiger partial charge in [-0.25, -0.2) is 9.69 Å². The van der Waals surface area contributed by atoms with Crippen molar-refractivity contribution in [3.05, 3.63) is 11.6 Å². The molecular formula is C14H23NO3. The summed E-state index contributed by atoms with van der Waals surface area (Å²) in [5.74, 6) is -0.0964. The van der Waals surface area contributed by atoms with Crippen LogP contribution in [-0.2, 0) is 9.53 Å². The van der Waals surface area contributed by atoms with Crippen LogP contribution in [0.2, 0.25) is 0 Å². The molecule has 0 N–H and O–H groups in total. The van der Waals surface area contributed by atoms with E-state index in [1.165, 1.54) is 4.90 Å². The molecule has 1 saturated heterocycles. The van der Waals surface area contributed by atoms with E-state index < -0.39 is 6.09 Å². The highest BCUT2D eigenvalue weighted by atomic mass is 16.6. The van der Waals surface area contributed by atoms with Crippen LogP contribution >= 0.6 is 0 Å². The Labute approximate surface area is 109 Å². The zero-order valence-electron chi connectivity index (χ0n) is 11.9. The zero-order chi connectivity index (χ0) is 13.9. The molecule has 0 spiro atoms. The summed E-state index contributed by atoms with van der Waals surface area (Å²) in [7, 11) is 0. The lowest BCUT2D eigenvalue weighted by molar-refractivity contribution is -0.133. The van der Waals surface area contributed by atoms with Crippen molar-refractivity contribution < 1.29 is 14.3 Å². The number of ether oxygens (including phenoxy) is 1. The Balaban J connectivity index is 2.78. The average Bonchev–Trinajstić information content (AvgIpc) is 2.69. The Hall–Kier alpha value is -1.32. The lowest BCUT2D eigenvalue weighted by Gasteiger charge is -2.25. The van der Waals surface area contributed by atoms with Crippen molar-refractivity contribution in [2.24, 2.45) is 11.8 Å². The van der Waals surface area contributed by atoms with E-state index in [2.05, 4.69) is 0 Å². The maximum Gasteiger partial charge on any atom is 0.416 e. The highest BCUT2D eigenvalue weighted by Gasteiger charge is 2.40. The molecule has 0 aromatic rings. The average molecular weight is 253 g/mol. The topological polar surface area (TPSA) is 46.6 Å². The van der Waals surface area contributed by atoms with Gasteiger partial charge < -0.3 is 4.74 Å². The maximum absolute atomic E-state index is 12.3. The standard InChI is InChI=1S/C14H23NO3/c1-6-10(4)7-11(5)13(16)15-12(9(2)3)8-18-14(15)17/h6,9,11-12H,7-8H2,1-5H3/b10-6+. The molecule has 4 heteroatoms. The van der Waals surface area contributed by atoms with Crippen LogP contribution in [0.5, 0.6) is 0 Å². The van der Waals surface area contributed by atoms with Crippen molar-refractivity contribution in [1.29, 1.82) is 0 Å². The molecule has 1 rings (SSSR count). The highest BCUT2D eigenvalue weighted by Crippen LogP contribution is 2.23. The van der Waals surface area contributed by atoms with Crippen LogP contribution in [0.25, 0.3) is 0 Å². The molecule has 1 heterocycles. The Bertz CT molecular complexity index is 360. The first kappa shape index (κ1) is 14.7. The highest BCUT2D eigenvalue weighted by molar-refractivity contribution is 5.94. The van der Waals surface area contributed by atoms with E-state index in [9.17, 15) is 9.59 Å². The number of carbonyl (C=O) groups excluding carboxylic acids is 2. The lowest BCUT2D eigenvalue weighted by atomic mass is 9.98. The molecule has 2 amide bonds. The molecule has 1 fully saturated rings. The quantitative estimate of drug-likeness (QED) is 0.724. The number of nitrogens with zero attached hydrogens (tertiary/aromatic N) is 1. The molecule has 2 atom stereocenters. The number of hydrogen-bond acceptors (Lipinski definition) is 3. The van der Waals surface area contributed by atoms with E-state index in [1.54, 1.807) is 0 Å². The van der Waals surface area contributed by atoms with Crippen molar-refractivity contribution in [3.63, 3.8) is 0 Å². The summed E-state index contributed by atoms with van der Waals surface area (Å²) in [5.41, 5.74) is 1.16. The second-order valence-electron chi connectivity index (χ2n) is 5.34. The van der Waals surface area contributed by atoms with Gasteiger partial charge in [0.1, 0.15) is 6.61 Å². The molecule has 2 unspecified atom stereocenters. The molecule has 0 aromatic heterocycles. The minimum atomic E-state index is -0.497. The number of amides is 2. The fraction of sp³-hybridized carbons (Fsp3) is 0.714. The molecule has 102 valence electrons. The van der Waals surface area contributed by atoms with Crippen LogP contribution in [0, 0.1) is 11.8 Å². The SMILES string of the molecule is C/C=C(\C)CC(C)C(=O)N1C(=O)OCC1C(C)C. The number of allylic oxidation sites excluding steroid dienone is 2. The minimum absolute atomic E-state index is 0.127. The van der Waals surface area contributed by atoms with Crippen LogP contribution < -0.4 is 0 Å². The molecule has 1 aliphatic rings. The van der Waals surface area contributed by atoms with Gasteiger partial charge in [-0.1, -0.05) is 32.4 Å². The summed E-state index contributed by atoms with van der Waals surface area (Å²) in [6.07, 6.45) is 2.18. The lowest BCUT2D eigenvalue weighted by Crippen LogP contribution is -2.44. The van der Waals surface area contributed by atoms with Crippen LogP contribution in [0.3, 0.4) is 0 Å². The van der Waals surface area contributed by atoms with Crippen molar-refractivity contribution in [2.45, 2.75) is 47.1 Å². The van der Waals surface area contributed by atoms with E-state index in [4.69, 9.17) is 4.74 Å². The van der Waals surface area contributed by atoms with Crippen LogP contribution in [0.4, 0.5) is 4.79 Å². The fourth-order valence-corrected chi connectivity index (χ4v) is 2.11. The molecule has 0 saturated carbocycles. The molecule has 0 radical (unpaired) electrons. The third-order valence-corrected chi connectivity index (χ3v) is 3.46.